The van der Waals surface area contributed by atoms with Crippen LogP contribution < -0.4 is 5.32 Å². The van der Waals surface area contributed by atoms with E-state index in [2.05, 4.69) is 15.3 Å². The normalized spacial score (nSPS) is 12.4. The Labute approximate surface area is 93.4 Å². The van der Waals surface area contributed by atoms with Crippen molar-refractivity contribution in [3.63, 3.8) is 0 Å². The summed E-state index contributed by atoms with van der Waals surface area (Å²) in [5.74, 6) is -0.238. The maximum absolute atomic E-state index is 12.8. The van der Waals surface area contributed by atoms with E-state index in [1.54, 1.807) is 30.7 Å². The highest BCUT2D eigenvalue weighted by Crippen LogP contribution is 2.19. The van der Waals surface area contributed by atoms with Crippen molar-refractivity contribution in [2.75, 3.05) is 7.05 Å². The predicted molar refractivity (Wildman–Crippen MR) is 59.3 cm³/mol. The van der Waals surface area contributed by atoms with Gasteiger partial charge in [0.25, 0.3) is 0 Å². The number of hydrogen-bond donors (Lipinski definition) is 1. The predicted octanol–water partition coefficient (Wildman–Crippen LogP) is 1.92. The van der Waals surface area contributed by atoms with Gasteiger partial charge in [-0.25, -0.2) is 4.39 Å². The molecule has 0 saturated carbocycles. The smallest absolute Gasteiger partial charge is 0.123 e. The summed E-state index contributed by atoms with van der Waals surface area (Å²) >= 11 is 0. The van der Waals surface area contributed by atoms with Crippen LogP contribution in [0, 0.1) is 5.82 Å². The SMILES string of the molecule is CNC(c1ccc(F)cc1)c1cnccn1. The van der Waals surface area contributed by atoms with Crippen molar-refractivity contribution in [1.29, 1.82) is 0 Å². The number of nitrogens with one attached hydrogen (secondary N) is 1. The zero-order valence-corrected chi connectivity index (χ0v) is 8.89. The van der Waals surface area contributed by atoms with Gasteiger partial charge in [-0.1, -0.05) is 12.1 Å². The molecule has 82 valence electrons. The van der Waals surface area contributed by atoms with Crippen LogP contribution in [0.25, 0.3) is 0 Å². The van der Waals surface area contributed by atoms with E-state index >= 15 is 0 Å². The van der Waals surface area contributed by atoms with E-state index in [4.69, 9.17) is 0 Å². The third-order valence-corrected chi connectivity index (χ3v) is 2.37. The molecular weight excluding hydrogens is 205 g/mol. The molecule has 2 aromatic rings. The Hall–Kier alpha value is -1.81. The van der Waals surface area contributed by atoms with Crippen LogP contribution in [0.2, 0.25) is 0 Å². The van der Waals surface area contributed by atoms with Gasteiger partial charge in [-0.3, -0.25) is 9.97 Å². The molecule has 0 aliphatic carbocycles. The van der Waals surface area contributed by atoms with Crippen molar-refractivity contribution in [2.45, 2.75) is 6.04 Å². The molecule has 1 N–H and O–H groups in total. The van der Waals surface area contributed by atoms with E-state index < -0.39 is 0 Å². The minimum Gasteiger partial charge on any atom is -0.308 e. The monoisotopic (exact) mass is 217 g/mol. The van der Waals surface area contributed by atoms with Gasteiger partial charge in [0.15, 0.2) is 0 Å². The van der Waals surface area contributed by atoms with Crippen LogP contribution in [0.3, 0.4) is 0 Å². The minimum absolute atomic E-state index is 0.0608. The summed E-state index contributed by atoms with van der Waals surface area (Å²) in [5.41, 5.74) is 1.78. The number of nitrogens with zero attached hydrogens (tertiary/aromatic N) is 2. The average molecular weight is 217 g/mol. The lowest BCUT2D eigenvalue weighted by Gasteiger charge is -2.15. The number of rotatable bonds is 3. The number of hydrogen-bond acceptors (Lipinski definition) is 3. The van der Waals surface area contributed by atoms with Crippen LogP contribution in [-0.4, -0.2) is 17.0 Å². The Balaban J connectivity index is 2.33. The lowest BCUT2D eigenvalue weighted by Crippen LogP contribution is -2.18. The molecule has 0 saturated heterocycles. The van der Waals surface area contributed by atoms with Gasteiger partial charge in [0, 0.05) is 12.4 Å². The van der Waals surface area contributed by atoms with Crippen molar-refractivity contribution in [3.05, 3.63) is 59.9 Å². The van der Waals surface area contributed by atoms with Gasteiger partial charge < -0.3 is 5.32 Å². The molecule has 1 aromatic heterocycles. The van der Waals surface area contributed by atoms with Crippen LogP contribution in [0.5, 0.6) is 0 Å². The van der Waals surface area contributed by atoms with Gasteiger partial charge in [-0.15, -0.1) is 0 Å². The molecular formula is C12H12FN3. The lowest BCUT2D eigenvalue weighted by molar-refractivity contribution is 0.621. The highest BCUT2D eigenvalue weighted by atomic mass is 19.1. The largest absolute Gasteiger partial charge is 0.308 e. The second-order valence-electron chi connectivity index (χ2n) is 3.40. The molecule has 1 atom stereocenters. The molecule has 1 heterocycles. The van der Waals surface area contributed by atoms with Crippen molar-refractivity contribution in [1.82, 2.24) is 15.3 Å². The first kappa shape index (κ1) is 10.7. The minimum atomic E-state index is -0.238. The molecule has 0 aliphatic heterocycles. The van der Waals surface area contributed by atoms with E-state index in [1.807, 2.05) is 7.05 Å². The Morgan fingerprint density at radius 1 is 1.19 bits per heavy atom. The van der Waals surface area contributed by atoms with E-state index in [0.717, 1.165) is 11.3 Å². The van der Waals surface area contributed by atoms with E-state index in [1.165, 1.54) is 12.1 Å². The zero-order chi connectivity index (χ0) is 11.4. The topological polar surface area (TPSA) is 37.8 Å². The van der Waals surface area contributed by atoms with E-state index in [-0.39, 0.29) is 11.9 Å². The Kier molecular flexibility index (Phi) is 3.22. The highest BCUT2D eigenvalue weighted by Gasteiger charge is 2.12. The molecule has 0 radical (unpaired) electrons. The van der Waals surface area contributed by atoms with Crippen LogP contribution in [-0.2, 0) is 0 Å². The standard InChI is InChI=1S/C12H12FN3/c1-14-12(11-8-15-6-7-16-11)9-2-4-10(13)5-3-9/h2-8,12,14H,1H3. The summed E-state index contributed by atoms with van der Waals surface area (Å²) in [4.78, 5) is 8.25. The van der Waals surface area contributed by atoms with Gasteiger partial charge >= 0.3 is 0 Å². The number of halogens is 1. The van der Waals surface area contributed by atoms with Crippen LogP contribution >= 0.6 is 0 Å². The molecule has 0 aliphatic rings. The number of benzene rings is 1. The molecule has 3 nitrogen and oxygen atoms in total. The Morgan fingerprint density at radius 2 is 1.94 bits per heavy atom. The number of aromatic nitrogens is 2. The molecule has 0 amide bonds. The zero-order valence-electron chi connectivity index (χ0n) is 8.89. The quantitative estimate of drug-likeness (QED) is 0.853. The third kappa shape index (κ3) is 2.23. The van der Waals surface area contributed by atoms with Gasteiger partial charge in [-0.2, -0.15) is 0 Å². The van der Waals surface area contributed by atoms with Crippen LogP contribution in [0.15, 0.2) is 42.9 Å². The fraction of sp³-hybridized carbons (Fsp3) is 0.167. The van der Waals surface area contributed by atoms with Crippen molar-refractivity contribution < 1.29 is 4.39 Å². The fourth-order valence-electron chi connectivity index (χ4n) is 1.60. The average Bonchev–Trinajstić information content (AvgIpc) is 2.34. The molecule has 0 spiro atoms. The van der Waals surface area contributed by atoms with Gasteiger partial charge in [-0.05, 0) is 24.7 Å². The van der Waals surface area contributed by atoms with Gasteiger partial charge in [0.2, 0.25) is 0 Å². The van der Waals surface area contributed by atoms with Gasteiger partial charge in [0.05, 0.1) is 17.9 Å². The Bertz CT molecular complexity index is 442. The summed E-state index contributed by atoms with van der Waals surface area (Å²) < 4.78 is 12.8. The first-order chi connectivity index (χ1) is 7.81. The Morgan fingerprint density at radius 3 is 2.50 bits per heavy atom. The summed E-state index contributed by atoms with van der Waals surface area (Å²) in [6, 6.07) is 6.30. The maximum atomic E-state index is 12.8. The van der Waals surface area contributed by atoms with Crippen molar-refractivity contribution in [2.24, 2.45) is 0 Å². The summed E-state index contributed by atoms with van der Waals surface area (Å²) in [7, 11) is 1.84. The summed E-state index contributed by atoms with van der Waals surface area (Å²) in [5, 5.41) is 3.13. The second-order valence-corrected chi connectivity index (χ2v) is 3.40. The lowest BCUT2D eigenvalue weighted by atomic mass is 10.0. The summed E-state index contributed by atoms with van der Waals surface area (Å²) in [6.07, 6.45) is 4.97. The fourth-order valence-corrected chi connectivity index (χ4v) is 1.60. The maximum Gasteiger partial charge on any atom is 0.123 e. The molecule has 1 aromatic carbocycles. The van der Waals surface area contributed by atoms with E-state index in [0.29, 0.717) is 0 Å². The molecule has 4 heteroatoms. The molecule has 0 fully saturated rings. The third-order valence-electron chi connectivity index (χ3n) is 2.37. The first-order valence-electron chi connectivity index (χ1n) is 5.00. The van der Waals surface area contributed by atoms with Crippen molar-refractivity contribution in [3.8, 4) is 0 Å². The van der Waals surface area contributed by atoms with Crippen LogP contribution in [0.1, 0.15) is 17.3 Å². The molecule has 2 rings (SSSR count). The van der Waals surface area contributed by atoms with Gasteiger partial charge in [0.1, 0.15) is 5.82 Å². The van der Waals surface area contributed by atoms with E-state index in [9.17, 15) is 4.39 Å². The van der Waals surface area contributed by atoms with Crippen LogP contribution in [0.4, 0.5) is 4.39 Å². The highest BCUT2D eigenvalue weighted by molar-refractivity contribution is 5.26. The summed E-state index contributed by atoms with van der Waals surface area (Å²) in [6.45, 7) is 0. The first-order valence-corrected chi connectivity index (χ1v) is 5.00. The molecule has 0 bridgehead atoms. The second kappa shape index (κ2) is 4.81. The molecule has 1 unspecified atom stereocenters. The van der Waals surface area contributed by atoms with Crippen molar-refractivity contribution >= 4 is 0 Å². The molecule has 16 heavy (non-hydrogen) atoms.